The molecule has 2 aliphatic heterocycles. The van der Waals surface area contributed by atoms with Crippen LogP contribution < -0.4 is 14.8 Å². The van der Waals surface area contributed by atoms with E-state index in [1.165, 1.54) is 12.3 Å². The minimum absolute atomic E-state index is 0.0229. The Morgan fingerprint density at radius 2 is 1.87 bits per heavy atom. The van der Waals surface area contributed by atoms with Crippen LogP contribution in [0.15, 0.2) is 42.5 Å². The molecule has 2 aromatic carbocycles. The summed E-state index contributed by atoms with van der Waals surface area (Å²) in [6.45, 7) is 7.18. The highest BCUT2D eigenvalue weighted by atomic mass is 35.5. The monoisotopic (exact) mass is 559 g/mol. The standard InChI is InChI=1S/C29H38ClNO6Si/c1-19-27(38(4,5)22-12-10-21(35-2)11-13-22)25(15-17-32)37-29(19)23-18-20(30)9-14-24(23)31(28(29)34)16-7-6-8-26(33)36-3/h9-14,18-19,25,27,32H,6-8,15-17H2,1-5H3/t19-,25+,27-,29+/m0/s1. The number of methoxy groups -OCH3 is 2. The summed E-state index contributed by atoms with van der Waals surface area (Å²) in [5, 5.41) is 11.8. The van der Waals surface area contributed by atoms with Gasteiger partial charge in [-0.3, -0.25) is 9.59 Å². The summed E-state index contributed by atoms with van der Waals surface area (Å²) in [6, 6.07) is 13.7. The molecule has 9 heteroatoms. The number of fused-ring (bicyclic) bond motifs is 2. The van der Waals surface area contributed by atoms with Gasteiger partial charge in [-0.05, 0) is 55.1 Å². The molecular formula is C29H38ClNO6Si. The lowest BCUT2D eigenvalue weighted by molar-refractivity contribution is -0.146. The van der Waals surface area contributed by atoms with E-state index < -0.39 is 13.7 Å². The van der Waals surface area contributed by atoms with Crippen molar-refractivity contribution in [3.05, 3.63) is 53.1 Å². The number of anilines is 1. The third-order valence-electron chi connectivity index (χ3n) is 8.45. The highest BCUT2D eigenvalue weighted by molar-refractivity contribution is 6.91. The summed E-state index contributed by atoms with van der Waals surface area (Å²) in [5.41, 5.74) is 0.485. The fourth-order valence-corrected chi connectivity index (χ4v) is 10.8. The highest BCUT2D eigenvalue weighted by Crippen LogP contribution is 2.60. The van der Waals surface area contributed by atoms with Crippen molar-refractivity contribution in [1.82, 2.24) is 0 Å². The number of halogens is 1. The summed E-state index contributed by atoms with van der Waals surface area (Å²) in [7, 11) is 0.813. The molecule has 2 heterocycles. The molecule has 2 aliphatic rings. The zero-order valence-corrected chi connectivity index (χ0v) is 24.6. The Labute approximate surface area is 231 Å². The number of hydrogen-bond acceptors (Lipinski definition) is 6. The molecule has 1 N–H and O–H groups in total. The van der Waals surface area contributed by atoms with Crippen molar-refractivity contribution in [3.8, 4) is 5.75 Å². The van der Waals surface area contributed by atoms with E-state index in [9.17, 15) is 14.7 Å². The van der Waals surface area contributed by atoms with Gasteiger partial charge in [0.15, 0.2) is 5.60 Å². The van der Waals surface area contributed by atoms with Crippen molar-refractivity contribution in [2.75, 3.05) is 32.3 Å². The number of hydrogen-bond donors (Lipinski definition) is 1. The van der Waals surface area contributed by atoms with Gasteiger partial charge in [-0.2, -0.15) is 0 Å². The number of carbonyl (C=O) groups excluding carboxylic acids is 2. The van der Waals surface area contributed by atoms with E-state index in [2.05, 4.69) is 32.2 Å². The molecule has 0 bridgehead atoms. The van der Waals surface area contributed by atoms with Gasteiger partial charge in [0.25, 0.3) is 5.91 Å². The van der Waals surface area contributed by atoms with E-state index in [4.69, 9.17) is 25.8 Å². The lowest BCUT2D eigenvalue weighted by Gasteiger charge is -2.37. The van der Waals surface area contributed by atoms with Crippen LogP contribution in [-0.2, 0) is 24.7 Å². The Kier molecular flexibility index (Phi) is 8.57. The predicted molar refractivity (Wildman–Crippen MR) is 151 cm³/mol. The first kappa shape index (κ1) is 28.6. The Bertz CT molecular complexity index is 1170. The van der Waals surface area contributed by atoms with Crippen molar-refractivity contribution in [3.63, 3.8) is 0 Å². The third kappa shape index (κ3) is 4.88. The van der Waals surface area contributed by atoms with E-state index in [1.54, 1.807) is 18.1 Å². The third-order valence-corrected chi connectivity index (χ3v) is 13.0. The first-order valence-corrected chi connectivity index (χ1v) is 16.7. The first-order chi connectivity index (χ1) is 18.1. The van der Waals surface area contributed by atoms with Crippen molar-refractivity contribution in [1.29, 1.82) is 0 Å². The van der Waals surface area contributed by atoms with Gasteiger partial charge in [-0.15, -0.1) is 0 Å². The Morgan fingerprint density at radius 1 is 1.16 bits per heavy atom. The topological polar surface area (TPSA) is 85.3 Å². The number of unbranched alkanes of at least 4 members (excludes halogenated alkanes) is 1. The van der Waals surface area contributed by atoms with Gasteiger partial charge >= 0.3 is 5.97 Å². The van der Waals surface area contributed by atoms with Crippen LogP contribution in [0.4, 0.5) is 5.69 Å². The molecule has 0 unspecified atom stereocenters. The summed E-state index contributed by atoms with van der Waals surface area (Å²) in [5.74, 6) is 0.308. The molecule has 1 fully saturated rings. The van der Waals surface area contributed by atoms with Crippen LogP contribution in [0.2, 0.25) is 23.7 Å². The van der Waals surface area contributed by atoms with E-state index >= 15 is 0 Å². The smallest absolute Gasteiger partial charge is 0.305 e. The fourth-order valence-electron chi connectivity index (χ4n) is 6.55. The van der Waals surface area contributed by atoms with Gasteiger partial charge in [0.2, 0.25) is 0 Å². The van der Waals surface area contributed by atoms with Crippen LogP contribution in [-0.4, -0.2) is 58.5 Å². The first-order valence-electron chi connectivity index (χ1n) is 13.2. The molecule has 0 aromatic heterocycles. The molecule has 206 valence electrons. The van der Waals surface area contributed by atoms with Gasteiger partial charge in [-0.25, -0.2) is 0 Å². The van der Waals surface area contributed by atoms with Crippen LogP contribution in [0.5, 0.6) is 5.75 Å². The Morgan fingerprint density at radius 3 is 2.50 bits per heavy atom. The lowest BCUT2D eigenvalue weighted by atomic mass is 9.82. The molecule has 1 saturated heterocycles. The number of aliphatic hydroxyl groups is 1. The lowest BCUT2D eigenvalue weighted by Crippen LogP contribution is -2.52. The van der Waals surface area contributed by atoms with E-state index in [0.29, 0.717) is 37.3 Å². The van der Waals surface area contributed by atoms with Crippen LogP contribution in [0, 0.1) is 5.92 Å². The summed E-state index contributed by atoms with van der Waals surface area (Å²) < 4.78 is 17.0. The zero-order chi connectivity index (χ0) is 27.7. The number of benzene rings is 2. The minimum atomic E-state index is -2.22. The second-order valence-electron chi connectivity index (χ2n) is 10.8. The molecule has 0 saturated carbocycles. The van der Waals surface area contributed by atoms with E-state index in [1.807, 2.05) is 24.3 Å². The maximum Gasteiger partial charge on any atom is 0.305 e. The van der Waals surface area contributed by atoms with Crippen LogP contribution >= 0.6 is 11.6 Å². The molecule has 7 nitrogen and oxygen atoms in total. The van der Waals surface area contributed by atoms with Crippen molar-refractivity contribution in [2.45, 2.75) is 62.9 Å². The number of esters is 1. The van der Waals surface area contributed by atoms with Crippen LogP contribution in [0.25, 0.3) is 0 Å². The Hall–Kier alpha value is -2.39. The molecule has 0 aliphatic carbocycles. The summed E-state index contributed by atoms with van der Waals surface area (Å²) >= 11 is 6.47. The second-order valence-corrected chi connectivity index (χ2v) is 15.9. The molecule has 38 heavy (non-hydrogen) atoms. The number of ether oxygens (including phenoxy) is 3. The minimum Gasteiger partial charge on any atom is -0.497 e. The maximum absolute atomic E-state index is 14.3. The normalized spacial score (nSPS) is 24.7. The second kappa shape index (κ2) is 11.4. The molecule has 1 amide bonds. The molecule has 4 atom stereocenters. The maximum atomic E-state index is 14.3. The van der Waals surface area contributed by atoms with Crippen molar-refractivity contribution >= 4 is 42.4 Å². The van der Waals surface area contributed by atoms with E-state index in [-0.39, 0.29) is 36.0 Å². The number of amides is 1. The molecule has 1 spiro atoms. The fraction of sp³-hybridized carbons (Fsp3) is 0.517. The molecule has 4 rings (SSSR count). The van der Waals surface area contributed by atoms with Gasteiger partial charge in [0, 0.05) is 36.1 Å². The average Bonchev–Trinajstić information content (AvgIpc) is 3.33. The highest BCUT2D eigenvalue weighted by Gasteiger charge is 2.66. The van der Waals surface area contributed by atoms with Gasteiger partial charge in [0.05, 0.1) is 34.1 Å². The van der Waals surface area contributed by atoms with Gasteiger partial charge in [-0.1, -0.05) is 48.9 Å². The van der Waals surface area contributed by atoms with Crippen LogP contribution in [0.1, 0.15) is 38.2 Å². The van der Waals surface area contributed by atoms with Crippen molar-refractivity contribution in [2.24, 2.45) is 5.92 Å². The summed E-state index contributed by atoms with van der Waals surface area (Å²) in [6.07, 6.45) is 1.76. The number of rotatable bonds is 10. The largest absolute Gasteiger partial charge is 0.497 e. The molecule has 0 radical (unpaired) electrons. The molecule has 2 aromatic rings. The molecular weight excluding hydrogens is 522 g/mol. The summed E-state index contributed by atoms with van der Waals surface area (Å²) in [4.78, 5) is 27.7. The number of aliphatic hydroxyl groups excluding tert-OH is 1. The quantitative estimate of drug-likeness (QED) is 0.259. The average molecular weight is 560 g/mol. The van der Waals surface area contributed by atoms with Crippen LogP contribution in [0.3, 0.4) is 0 Å². The van der Waals surface area contributed by atoms with Gasteiger partial charge < -0.3 is 24.2 Å². The van der Waals surface area contributed by atoms with E-state index in [0.717, 1.165) is 17.0 Å². The number of carbonyl (C=O) groups is 2. The SMILES string of the molecule is COC(=O)CCCCN1C(=O)[C@]2(O[C@H](CCO)[C@@H]([Si](C)(C)c3ccc(OC)cc3)[C@@H]2C)c2cc(Cl)ccc21. The van der Waals surface area contributed by atoms with Gasteiger partial charge in [0.1, 0.15) is 5.75 Å². The number of nitrogens with zero attached hydrogens (tertiary/aromatic N) is 1. The Balaban J connectivity index is 1.72. The zero-order valence-electron chi connectivity index (χ0n) is 22.8. The van der Waals surface area contributed by atoms with Crippen molar-refractivity contribution < 1.29 is 28.9 Å². The predicted octanol–water partition coefficient (Wildman–Crippen LogP) is 4.64.